The Kier molecular flexibility index (Phi) is 6.81. The molecule has 0 N–H and O–H groups in total. The summed E-state index contributed by atoms with van der Waals surface area (Å²) >= 11 is 0.873. The van der Waals surface area contributed by atoms with E-state index in [1.54, 1.807) is 20.8 Å². The molecule has 0 amide bonds. The van der Waals surface area contributed by atoms with Gasteiger partial charge in [0.1, 0.15) is 17.0 Å². The molecule has 2 aromatic rings. The molecule has 2 aromatic heterocycles. The van der Waals surface area contributed by atoms with Crippen LogP contribution in [-0.2, 0) is 16.1 Å². The van der Waals surface area contributed by atoms with Crippen LogP contribution in [-0.4, -0.2) is 45.6 Å². The van der Waals surface area contributed by atoms with Crippen LogP contribution >= 0.6 is 11.3 Å². The number of fused-ring (bicyclic) bond motifs is 1. The van der Waals surface area contributed by atoms with Crippen LogP contribution in [0.1, 0.15) is 56.5 Å². The molecule has 2 heterocycles. The van der Waals surface area contributed by atoms with Crippen molar-refractivity contribution in [3.63, 3.8) is 0 Å². The van der Waals surface area contributed by atoms with E-state index in [9.17, 15) is 36.3 Å². The molecule has 7 nitrogen and oxygen atoms in total. The van der Waals surface area contributed by atoms with E-state index >= 15 is 0 Å². The van der Waals surface area contributed by atoms with Gasteiger partial charge in [0.05, 0.1) is 22.7 Å². The van der Waals surface area contributed by atoms with Crippen molar-refractivity contribution in [1.29, 1.82) is 0 Å². The van der Waals surface area contributed by atoms with Gasteiger partial charge in [-0.05, 0) is 33.3 Å². The van der Waals surface area contributed by atoms with E-state index in [0.717, 1.165) is 15.9 Å². The number of aryl methyl sites for hydroxylation is 2. The third-order valence-electron chi connectivity index (χ3n) is 5.18. The first kappa shape index (κ1) is 26.0. The highest BCUT2D eigenvalue weighted by molar-refractivity contribution is 7.20. The standard InChI is InChI=1S/C21H24F5N3O4S/c1-11-13(9-27-10-14(30)33-19(2,3)4)34-17-15(11)16(31)29(12-7-20(22,23)8-12)18(32)28(17)6-5-21(24,25)26/h9,12H,5-8,10H2,1-4H3. The molecular weight excluding hydrogens is 485 g/mol. The van der Waals surface area contributed by atoms with Gasteiger partial charge in [-0.1, -0.05) is 0 Å². The lowest BCUT2D eigenvalue weighted by molar-refractivity contribution is -0.152. The van der Waals surface area contributed by atoms with Gasteiger partial charge in [0.15, 0.2) is 0 Å². The summed E-state index contributed by atoms with van der Waals surface area (Å²) < 4.78 is 72.1. The lowest BCUT2D eigenvalue weighted by Gasteiger charge is -2.35. The first-order valence-electron chi connectivity index (χ1n) is 10.4. The van der Waals surface area contributed by atoms with Gasteiger partial charge in [-0.2, -0.15) is 13.2 Å². The van der Waals surface area contributed by atoms with Crippen LogP contribution in [0.3, 0.4) is 0 Å². The van der Waals surface area contributed by atoms with Crippen LogP contribution in [0.4, 0.5) is 22.0 Å². The maximum absolute atomic E-state index is 13.4. The van der Waals surface area contributed by atoms with Crippen molar-refractivity contribution < 1.29 is 31.5 Å². The van der Waals surface area contributed by atoms with Crippen molar-refractivity contribution in [2.75, 3.05) is 6.54 Å². The molecule has 1 aliphatic rings. The molecule has 188 valence electrons. The molecule has 0 spiro atoms. The Hall–Kier alpha value is -2.57. The molecule has 0 unspecified atom stereocenters. The monoisotopic (exact) mass is 509 g/mol. The van der Waals surface area contributed by atoms with Gasteiger partial charge in [-0.3, -0.25) is 23.7 Å². The molecule has 13 heteroatoms. The number of thiophene rings is 1. The van der Waals surface area contributed by atoms with Crippen LogP contribution in [0.25, 0.3) is 10.2 Å². The Morgan fingerprint density at radius 1 is 1.24 bits per heavy atom. The van der Waals surface area contributed by atoms with Crippen LogP contribution in [0.15, 0.2) is 14.6 Å². The number of aliphatic imine (C=N–C) groups is 1. The average Bonchev–Trinajstić information content (AvgIpc) is 2.94. The Bertz CT molecular complexity index is 1240. The van der Waals surface area contributed by atoms with Gasteiger partial charge in [0, 0.05) is 25.6 Å². The van der Waals surface area contributed by atoms with Crippen molar-refractivity contribution in [1.82, 2.24) is 9.13 Å². The smallest absolute Gasteiger partial charge is 0.390 e. The van der Waals surface area contributed by atoms with E-state index < -0.39 is 66.8 Å². The quantitative estimate of drug-likeness (QED) is 0.332. The summed E-state index contributed by atoms with van der Waals surface area (Å²) in [5.41, 5.74) is -2.26. The summed E-state index contributed by atoms with van der Waals surface area (Å²) in [5, 5.41) is -0.0271. The molecule has 0 atom stereocenters. The summed E-state index contributed by atoms with van der Waals surface area (Å²) in [7, 11) is 0. The highest BCUT2D eigenvalue weighted by Gasteiger charge is 2.47. The fraction of sp³-hybridized carbons (Fsp3) is 0.619. The number of carbonyl (C=O) groups is 1. The summed E-state index contributed by atoms with van der Waals surface area (Å²) in [6.07, 6.45) is -6.09. The average molecular weight is 509 g/mol. The number of nitrogens with zero attached hydrogens (tertiary/aromatic N) is 3. The zero-order chi connectivity index (χ0) is 25.6. The van der Waals surface area contributed by atoms with Gasteiger partial charge < -0.3 is 4.74 Å². The highest BCUT2D eigenvalue weighted by atomic mass is 32.1. The number of halogens is 5. The second kappa shape index (κ2) is 8.90. The van der Waals surface area contributed by atoms with E-state index in [-0.39, 0.29) is 16.8 Å². The number of hydrogen-bond donors (Lipinski definition) is 0. The number of hydrogen-bond acceptors (Lipinski definition) is 6. The SMILES string of the molecule is Cc1c(C=NCC(=O)OC(C)(C)C)sc2c1c(=O)n(C1CC(F)(F)C1)c(=O)n2CCC(F)(F)F. The first-order chi connectivity index (χ1) is 15.5. The predicted octanol–water partition coefficient (Wildman–Crippen LogP) is 4.22. The first-order valence-corrected chi connectivity index (χ1v) is 11.3. The maximum atomic E-state index is 13.4. The fourth-order valence-corrected chi connectivity index (χ4v) is 4.86. The van der Waals surface area contributed by atoms with Gasteiger partial charge in [0.25, 0.3) is 11.5 Å². The number of rotatable bonds is 6. The fourth-order valence-electron chi connectivity index (χ4n) is 3.65. The number of carbonyl (C=O) groups excluding carboxylic acids is 1. The molecule has 3 rings (SSSR count). The van der Waals surface area contributed by atoms with Crippen LogP contribution in [0.2, 0.25) is 0 Å². The van der Waals surface area contributed by atoms with Gasteiger partial charge in [0.2, 0.25) is 0 Å². The number of ether oxygens (including phenoxy) is 1. The highest BCUT2D eigenvalue weighted by Crippen LogP contribution is 2.44. The number of alkyl halides is 5. The zero-order valence-corrected chi connectivity index (χ0v) is 19.8. The molecule has 1 saturated carbocycles. The van der Waals surface area contributed by atoms with Crippen molar-refractivity contribution in [2.24, 2.45) is 4.99 Å². The number of aromatic nitrogens is 2. The maximum Gasteiger partial charge on any atom is 0.390 e. The van der Waals surface area contributed by atoms with E-state index in [1.807, 2.05) is 0 Å². The minimum atomic E-state index is -4.57. The van der Waals surface area contributed by atoms with E-state index in [0.29, 0.717) is 15.0 Å². The normalized spacial score (nSPS) is 16.9. The van der Waals surface area contributed by atoms with Crippen molar-refractivity contribution in [3.05, 3.63) is 31.3 Å². The minimum absolute atomic E-state index is 0.00204. The Morgan fingerprint density at radius 2 is 1.85 bits per heavy atom. The second-order valence-corrected chi connectivity index (χ2v) is 10.3. The molecule has 1 fully saturated rings. The van der Waals surface area contributed by atoms with Crippen molar-refractivity contribution in [2.45, 2.75) is 77.2 Å². The molecule has 34 heavy (non-hydrogen) atoms. The summed E-state index contributed by atoms with van der Waals surface area (Å²) in [6.45, 7) is 5.49. The van der Waals surface area contributed by atoms with Crippen LogP contribution < -0.4 is 11.2 Å². The third-order valence-corrected chi connectivity index (χ3v) is 6.43. The lowest BCUT2D eigenvalue weighted by atomic mass is 9.88. The topological polar surface area (TPSA) is 82.7 Å². The van der Waals surface area contributed by atoms with Crippen molar-refractivity contribution >= 4 is 33.7 Å². The van der Waals surface area contributed by atoms with Crippen molar-refractivity contribution in [3.8, 4) is 0 Å². The van der Waals surface area contributed by atoms with E-state index in [4.69, 9.17) is 4.74 Å². The van der Waals surface area contributed by atoms with E-state index in [1.165, 1.54) is 13.1 Å². The summed E-state index contributed by atoms with van der Waals surface area (Å²) in [4.78, 5) is 42.2. The molecule has 1 aliphatic carbocycles. The second-order valence-electron chi connectivity index (χ2n) is 9.22. The Labute approximate surface area is 194 Å². The van der Waals surface area contributed by atoms with Crippen LogP contribution in [0.5, 0.6) is 0 Å². The Balaban J connectivity index is 2.06. The lowest BCUT2D eigenvalue weighted by Crippen LogP contribution is -2.49. The third kappa shape index (κ3) is 5.73. The molecule has 0 aromatic carbocycles. The predicted molar refractivity (Wildman–Crippen MR) is 117 cm³/mol. The zero-order valence-electron chi connectivity index (χ0n) is 19.0. The molecule has 0 radical (unpaired) electrons. The Morgan fingerprint density at radius 3 is 2.38 bits per heavy atom. The minimum Gasteiger partial charge on any atom is -0.459 e. The van der Waals surface area contributed by atoms with Crippen LogP contribution in [0, 0.1) is 6.92 Å². The molecular formula is C21H24F5N3O4S. The molecule has 0 aliphatic heterocycles. The molecule has 0 bridgehead atoms. The summed E-state index contributed by atoms with van der Waals surface area (Å²) in [5.74, 6) is -3.64. The number of esters is 1. The summed E-state index contributed by atoms with van der Waals surface area (Å²) in [6, 6.07) is -1.10. The van der Waals surface area contributed by atoms with Gasteiger partial charge in [-0.25, -0.2) is 13.6 Å². The molecule has 0 saturated heterocycles. The van der Waals surface area contributed by atoms with Gasteiger partial charge >= 0.3 is 17.8 Å². The van der Waals surface area contributed by atoms with E-state index in [2.05, 4.69) is 4.99 Å². The largest absolute Gasteiger partial charge is 0.459 e. The van der Waals surface area contributed by atoms with Gasteiger partial charge in [-0.15, -0.1) is 11.3 Å².